The second kappa shape index (κ2) is 10.2. The summed E-state index contributed by atoms with van der Waals surface area (Å²) in [5, 5.41) is 3.59. The molecule has 0 unspecified atom stereocenters. The first-order chi connectivity index (χ1) is 19.8. The number of halogens is 3. The molecule has 1 spiro atoms. The molecule has 0 radical (unpaired) electrons. The molecule has 0 saturated carbocycles. The van der Waals surface area contributed by atoms with Crippen LogP contribution in [0.15, 0.2) is 72.8 Å². The fraction of sp³-hybridized carbons (Fsp3) is 0.294. The highest BCUT2D eigenvalue weighted by molar-refractivity contribution is 7.88. The minimum Gasteiger partial charge on any atom is -0.376 e. The van der Waals surface area contributed by atoms with Crippen molar-refractivity contribution >= 4 is 34.0 Å². The van der Waals surface area contributed by atoms with Crippen molar-refractivity contribution in [2.45, 2.75) is 64.3 Å². The van der Waals surface area contributed by atoms with Gasteiger partial charge < -0.3 is 4.18 Å². The smallest absolute Gasteiger partial charge is 0.376 e. The summed E-state index contributed by atoms with van der Waals surface area (Å²) >= 11 is 0. The van der Waals surface area contributed by atoms with Gasteiger partial charge in [0.05, 0.1) is 0 Å². The normalized spacial score (nSPS) is 18.0. The van der Waals surface area contributed by atoms with Crippen LogP contribution in [0.3, 0.4) is 0 Å². The Kier molecular flexibility index (Phi) is 7.06. The Morgan fingerprint density at radius 2 is 1.19 bits per heavy atom. The minimum atomic E-state index is -5.82. The Morgan fingerprint density at radius 1 is 0.714 bits per heavy atom. The van der Waals surface area contributed by atoms with Gasteiger partial charge in [0.1, 0.15) is 5.75 Å². The zero-order valence-corrected chi connectivity index (χ0v) is 25.7. The summed E-state index contributed by atoms with van der Waals surface area (Å²) in [5.74, 6) is -0.216. The molecular formula is C34H32F3O3PS. The lowest BCUT2D eigenvalue weighted by Gasteiger charge is -2.33. The van der Waals surface area contributed by atoms with E-state index in [9.17, 15) is 21.6 Å². The van der Waals surface area contributed by atoms with Crippen LogP contribution in [-0.2, 0) is 28.4 Å². The number of hydrogen-bond acceptors (Lipinski definition) is 3. The Balaban J connectivity index is 1.61. The van der Waals surface area contributed by atoms with E-state index in [4.69, 9.17) is 4.18 Å². The van der Waals surface area contributed by atoms with Gasteiger partial charge >= 0.3 is 15.6 Å². The second-order valence-electron chi connectivity index (χ2n) is 11.7. The highest BCUT2D eigenvalue weighted by Crippen LogP contribution is 2.57. The highest BCUT2D eigenvalue weighted by Gasteiger charge is 2.52. The fourth-order valence-corrected chi connectivity index (χ4v) is 10.6. The van der Waals surface area contributed by atoms with Crippen LogP contribution >= 0.6 is 7.92 Å². The number of hydrogen-bond donors (Lipinski definition) is 0. The number of fused-ring (bicyclic) bond motifs is 4. The molecule has 2 aliphatic carbocycles. The Labute approximate surface area is 246 Å². The topological polar surface area (TPSA) is 43.4 Å². The van der Waals surface area contributed by atoms with Gasteiger partial charge in [0.25, 0.3) is 0 Å². The van der Waals surface area contributed by atoms with Crippen molar-refractivity contribution in [3.05, 3.63) is 117 Å². The van der Waals surface area contributed by atoms with E-state index in [1.807, 2.05) is 6.07 Å². The molecular weight excluding hydrogens is 576 g/mol. The lowest BCUT2D eigenvalue weighted by Crippen LogP contribution is -2.33. The van der Waals surface area contributed by atoms with Crippen molar-refractivity contribution < 1.29 is 25.8 Å². The maximum Gasteiger partial charge on any atom is 0.534 e. The maximum absolute atomic E-state index is 13.4. The quantitative estimate of drug-likeness (QED) is 0.138. The molecule has 4 aromatic rings. The molecule has 0 heterocycles. The second-order valence-corrected chi connectivity index (χ2v) is 15.4. The molecule has 0 N–H and O–H groups in total. The third-order valence-corrected chi connectivity index (χ3v) is 11.9. The van der Waals surface area contributed by atoms with Crippen molar-refractivity contribution in [1.82, 2.24) is 0 Å². The van der Waals surface area contributed by atoms with Crippen LogP contribution in [0.2, 0.25) is 0 Å². The lowest BCUT2D eigenvalue weighted by molar-refractivity contribution is -0.0500. The molecule has 218 valence electrons. The molecule has 0 saturated heterocycles. The van der Waals surface area contributed by atoms with E-state index in [0.717, 1.165) is 28.4 Å². The summed E-state index contributed by atoms with van der Waals surface area (Å²) in [5.41, 5.74) is 2.23. The van der Waals surface area contributed by atoms with E-state index in [1.54, 1.807) is 6.07 Å². The highest BCUT2D eigenvalue weighted by atomic mass is 32.2. The summed E-state index contributed by atoms with van der Waals surface area (Å²) in [6.07, 6.45) is 2.76. The Bertz CT molecular complexity index is 1730. The fourth-order valence-electron chi connectivity index (χ4n) is 7.13. The maximum atomic E-state index is 13.4. The third-order valence-electron chi connectivity index (χ3n) is 8.49. The summed E-state index contributed by atoms with van der Waals surface area (Å²) in [4.78, 5) is 0. The largest absolute Gasteiger partial charge is 0.534 e. The van der Waals surface area contributed by atoms with Crippen LogP contribution in [0, 0.1) is 27.7 Å². The van der Waals surface area contributed by atoms with Gasteiger partial charge in [-0.1, -0.05) is 89.0 Å². The zero-order chi connectivity index (χ0) is 30.0. The van der Waals surface area contributed by atoms with Crippen LogP contribution in [-0.4, -0.2) is 13.9 Å². The average molecular weight is 609 g/mol. The van der Waals surface area contributed by atoms with E-state index >= 15 is 0 Å². The molecule has 0 aliphatic heterocycles. The summed E-state index contributed by atoms with van der Waals surface area (Å²) in [7, 11) is -6.86. The first-order valence-electron chi connectivity index (χ1n) is 14.0. The van der Waals surface area contributed by atoms with Gasteiger partial charge in [-0.15, -0.1) is 0 Å². The molecule has 8 heteroatoms. The van der Waals surface area contributed by atoms with Crippen molar-refractivity contribution in [2.75, 3.05) is 0 Å². The van der Waals surface area contributed by atoms with Crippen molar-refractivity contribution in [3.63, 3.8) is 0 Å². The van der Waals surface area contributed by atoms with E-state index < -0.39 is 29.0 Å². The van der Waals surface area contributed by atoms with Crippen molar-refractivity contribution in [2.24, 2.45) is 0 Å². The van der Waals surface area contributed by atoms with Crippen LogP contribution in [0.1, 0.15) is 57.3 Å². The van der Waals surface area contributed by atoms with Gasteiger partial charge in [-0.2, -0.15) is 21.6 Å². The molecule has 0 amide bonds. The Morgan fingerprint density at radius 3 is 1.69 bits per heavy atom. The van der Waals surface area contributed by atoms with Crippen molar-refractivity contribution in [1.29, 1.82) is 0 Å². The van der Waals surface area contributed by atoms with Gasteiger partial charge in [0.15, 0.2) is 0 Å². The number of benzene rings is 4. The summed E-state index contributed by atoms with van der Waals surface area (Å²) < 4.78 is 69.6. The standard InChI is InChI=1S/C34H32F3O3PS/c1-21-15-22(2)18-27(17-21)41(28-19-23(3)16-24(4)20-28)30-10-6-8-26-12-14-33(32(26)30)13-11-25-7-5-9-29(31(25)33)40-42(38,39)34(35,36)37/h5-10,15-20H,11-14H2,1-4H3/t33-/m1/s1. The van der Waals surface area contributed by atoms with Crippen LogP contribution in [0.25, 0.3) is 0 Å². The Hall–Kier alpha value is -3.15. The van der Waals surface area contributed by atoms with Crippen molar-refractivity contribution in [3.8, 4) is 5.75 Å². The molecule has 0 bridgehead atoms. The van der Waals surface area contributed by atoms with Crippen LogP contribution < -0.4 is 20.1 Å². The van der Waals surface area contributed by atoms with E-state index in [1.165, 1.54) is 38.9 Å². The minimum absolute atomic E-state index is 0.216. The third kappa shape index (κ3) is 4.85. The first-order valence-corrected chi connectivity index (χ1v) is 16.8. The molecule has 4 aromatic carbocycles. The molecule has 2 aliphatic rings. The van der Waals surface area contributed by atoms with Crippen LogP contribution in [0.4, 0.5) is 13.2 Å². The SMILES string of the molecule is Cc1cc(C)cc(P(c2cc(C)cc(C)c2)c2cccc3c2[C@]2(CCc4cccc(OS(=O)(=O)C(F)(F)F)c42)CC3)c1. The van der Waals surface area contributed by atoms with E-state index in [-0.39, 0.29) is 5.75 Å². The van der Waals surface area contributed by atoms with Crippen LogP contribution in [0.5, 0.6) is 5.75 Å². The van der Waals surface area contributed by atoms with Gasteiger partial charge in [-0.3, -0.25) is 0 Å². The molecule has 42 heavy (non-hydrogen) atoms. The molecule has 1 atom stereocenters. The molecule has 6 rings (SSSR count). The number of aryl methyl sites for hydroxylation is 6. The number of rotatable bonds is 5. The van der Waals surface area contributed by atoms with Gasteiger partial charge in [-0.25, -0.2) is 0 Å². The predicted octanol–water partition coefficient (Wildman–Crippen LogP) is 7.09. The molecule has 0 aromatic heterocycles. The van der Waals surface area contributed by atoms with E-state index in [2.05, 4.69) is 82.3 Å². The zero-order valence-electron chi connectivity index (χ0n) is 24.0. The predicted molar refractivity (Wildman–Crippen MR) is 164 cm³/mol. The molecule has 3 nitrogen and oxygen atoms in total. The monoisotopic (exact) mass is 608 g/mol. The van der Waals surface area contributed by atoms with E-state index in [0.29, 0.717) is 24.8 Å². The summed E-state index contributed by atoms with van der Waals surface area (Å²) in [6.45, 7) is 8.39. The van der Waals surface area contributed by atoms with Gasteiger partial charge in [-0.05, 0) is 100.0 Å². The molecule has 0 fully saturated rings. The average Bonchev–Trinajstić information content (AvgIpc) is 3.45. The summed E-state index contributed by atoms with van der Waals surface area (Å²) in [6, 6.07) is 24.5. The lowest BCUT2D eigenvalue weighted by atomic mass is 9.76. The first kappa shape index (κ1) is 28.9. The van der Waals surface area contributed by atoms with Gasteiger partial charge in [0, 0.05) is 11.0 Å². The number of alkyl halides is 3. The van der Waals surface area contributed by atoms with Gasteiger partial charge in [0.2, 0.25) is 0 Å².